The molecule has 1 atom stereocenters. The number of rotatable bonds is 12. The number of halogens is 1. The zero-order valence-corrected chi connectivity index (χ0v) is 21.4. The van der Waals surface area contributed by atoms with Gasteiger partial charge in [-0.15, -0.1) is 0 Å². The number of aliphatic hydroxyl groups is 1. The van der Waals surface area contributed by atoms with Crippen LogP contribution < -0.4 is 10.1 Å². The van der Waals surface area contributed by atoms with Crippen molar-refractivity contribution in [3.8, 4) is 5.75 Å². The molecule has 0 saturated carbocycles. The number of hydrogen-bond donors (Lipinski definition) is 3. The lowest BCUT2D eigenvalue weighted by Gasteiger charge is -2.35. The number of aliphatic hydroxyl groups excluding tert-OH is 1. The van der Waals surface area contributed by atoms with Crippen LogP contribution in [0, 0.1) is 0 Å². The maximum Gasteiger partial charge on any atom is 0.410 e. The highest BCUT2D eigenvalue weighted by Crippen LogP contribution is 2.39. The second-order valence-electron chi connectivity index (χ2n) is 8.76. The summed E-state index contributed by atoms with van der Waals surface area (Å²) in [6, 6.07) is 13.4. The third-order valence-corrected chi connectivity index (χ3v) is 6.57. The average molecular weight is 516 g/mol. The van der Waals surface area contributed by atoms with Gasteiger partial charge in [0.05, 0.1) is 19.8 Å². The molecule has 4 rings (SSSR count). The van der Waals surface area contributed by atoms with Gasteiger partial charge in [-0.25, -0.2) is 4.79 Å². The van der Waals surface area contributed by atoms with Crippen LogP contribution in [0.25, 0.3) is 10.9 Å². The first-order valence-electron chi connectivity index (χ1n) is 12.4. The van der Waals surface area contributed by atoms with Gasteiger partial charge in [0, 0.05) is 41.8 Å². The van der Waals surface area contributed by atoms with Gasteiger partial charge >= 0.3 is 6.09 Å². The molecule has 3 N–H and O–H groups in total. The summed E-state index contributed by atoms with van der Waals surface area (Å²) in [5.41, 5.74) is 4.12. The first kappa shape index (κ1) is 26.3. The van der Waals surface area contributed by atoms with Gasteiger partial charge in [0.1, 0.15) is 18.4 Å². The molecule has 0 bridgehead atoms. The van der Waals surface area contributed by atoms with E-state index in [1.807, 2.05) is 42.5 Å². The Kier molecular flexibility index (Phi) is 9.47. The molecule has 1 unspecified atom stereocenters. The number of nitrogens with one attached hydrogen (secondary N) is 2. The lowest BCUT2D eigenvalue weighted by molar-refractivity contribution is 0.0629. The third-order valence-electron chi connectivity index (χ3n) is 6.34. The second kappa shape index (κ2) is 13.0. The lowest BCUT2D eigenvalue weighted by Crippen LogP contribution is -2.41. The highest BCUT2D eigenvalue weighted by atomic mass is 35.5. The van der Waals surface area contributed by atoms with Gasteiger partial charge in [-0.1, -0.05) is 23.7 Å². The molecule has 3 aromatic rings. The SMILES string of the molecule is COCCOC(=O)N1CCc2c([nH]c3ccc(Cl)cc23)C1c1ccc(OCCCCNCCO)cc1. The van der Waals surface area contributed by atoms with Gasteiger partial charge in [-0.2, -0.15) is 0 Å². The first-order chi connectivity index (χ1) is 17.6. The van der Waals surface area contributed by atoms with Crippen LogP contribution in [-0.4, -0.2) is 74.3 Å². The molecule has 1 aliphatic heterocycles. The minimum absolute atomic E-state index is 0.153. The molecule has 0 fully saturated rings. The van der Waals surface area contributed by atoms with Gasteiger partial charge in [-0.05, 0) is 67.3 Å². The van der Waals surface area contributed by atoms with Crippen molar-refractivity contribution in [1.29, 1.82) is 0 Å². The van der Waals surface area contributed by atoms with Crippen molar-refractivity contribution in [2.24, 2.45) is 0 Å². The van der Waals surface area contributed by atoms with E-state index < -0.39 is 0 Å². The van der Waals surface area contributed by atoms with Crippen LogP contribution in [0.15, 0.2) is 42.5 Å². The van der Waals surface area contributed by atoms with Crippen molar-refractivity contribution in [2.45, 2.75) is 25.3 Å². The van der Waals surface area contributed by atoms with Crippen LogP contribution in [-0.2, 0) is 15.9 Å². The Bertz CT molecular complexity index is 1130. The predicted molar refractivity (Wildman–Crippen MR) is 140 cm³/mol. The predicted octanol–water partition coefficient (Wildman–Crippen LogP) is 4.29. The van der Waals surface area contributed by atoms with Crippen LogP contribution in [0.5, 0.6) is 5.75 Å². The number of carbonyl (C=O) groups is 1. The van der Waals surface area contributed by atoms with E-state index in [2.05, 4.69) is 10.3 Å². The second-order valence-corrected chi connectivity index (χ2v) is 9.19. The van der Waals surface area contributed by atoms with Gasteiger partial charge in [0.25, 0.3) is 0 Å². The molecule has 8 nitrogen and oxygen atoms in total. The van der Waals surface area contributed by atoms with Crippen molar-refractivity contribution >= 4 is 28.6 Å². The Hall–Kier alpha value is -2.78. The Morgan fingerprint density at radius 3 is 2.75 bits per heavy atom. The number of aromatic nitrogens is 1. The number of unbranched alkanes of at least 4 members (excludes halogenated alkanes) is 1. The van der Waals surface area contributed by atoms with E-state index in [4.69, 9.17) is 30.9 Å². The number of ether oxygens (including phenoxy) is 3. The summed E-state index contributed by atoms with van der Waals surface area (Å²) in [4.78, 5) is 18.3. The first-order valence-corrected chi connectivity index (χ1v) is 12.8. The Morgan fingerprint density at radius 1 is 1.14 bits per heavy atom. The normalized spacial score (nSPS) is 15.2. The maximum atomic E-state index is 13.0. The van der Waals surface area contributed by atoms with Gasteiger partial charge in [0.2, 0.25) is 0 Å². The van der Waals surface area contributed by atoms with E-state index >= 15 is 0 Å². The summed E-state index contributed by atoms with van der Waals surface area (Å²) in [7, 11) is 1.58. The molecule has 1 aromatic heterocycles. The summed E-state index contributed by atoms with van der Waals surface area (Å²) < 4.78 is 16.4. The summed E-state index contributed by atoms with van der Waals surface area (Å²) in [5, 5.41) is 13.7. The van der Waals surface area contributed by atoms with E-state index in [1.54, 1.807) is 12.0 Å². The minimum atomic E-state index is -0.366. The van der Waals surface area contributed by atoms with Crippen molar-refractivity contribution in [3.05, 3.63) is 64.3 Å². The lowest BCUT2D eigenvalue weighted by atomic mass is 9.92. The number of amides is 1. The molecule has 0 saturated heterocycles. The molecule has 0 spiro atoms. The molecule has 0 radical (unpaired) electrons. The molecule has 2 aromatic carbocycles. The summed E-state index contributed by atoms with van der Waals surface area (Å²) >= 11 is 6.28. The Balaban J connectivity index is 1.52. The Labute approximate surface area is 216 Å². The number of H-pyrrole nitrogens is 1. The number of hydrogen-bond acceptors (Lipinski definition) is 6. The van der Waals surface area contributed by atoms with Gasteiger partial charge < -0.3 is 29.6 Å². The fraction of sp³-hybridized carbons (Fsp3) is 0.444. The maximum absolute atomic E-state index is 13.0. The van der Waals surface area contributed by atoms with Gasteiger partial charge in [0.15, 0.2) is 0 Å². The zero-order valence-electron chi connectivity index (χ0n) is 20.6. The Morgan fingerprint density at radius 2 is 1.97 bits per heavy atom. The van der Waals surface area contributed by atoms with E-state index in [9.17, 15) is 4.79 Å². The van der Waals surface area contributed by atoms with Crippen molar-refractivity contribution in [2.75, 3.05) is 53.2 Å². The van der Waals surface area contributed by atoms with E-state index in [1.165, 1.54) is 5.56 Å². The van der Waals surface area contributed by atoms with Crippen molar-refractivity contribution < 1.29 is 24.1 Å². The van der Waals surface area contributed by atoms with E-state index in [0.29, 0.717) is 37.7 Å². The molecular formula is C27H34ClN3O5. The number of methoxy groups -OCH3 is 1. The number of aromatic amines is 1. The van der Waals surface area contributed by atoms with Crippen LogP contribution in [0.3, 0.4) is 0 Å². The number of benzene rings is 2. The zero-order chi connectivity index (χ0) is 25.3. The summed E-state index contributed by atoms with van der Waals surface area (Å²) in [5.74, 6) is 0.788. The monoisotopic (exact) mass is 515 g/mol. The van der Waals surface area contributed by atoms with Crippen molar-refractivity contribution in [1.82, 2.24) is 15.2 Å². The average Bonchev–Trinajstić information content (AvgIpc) is 3.26. The molecule has 2 heterocycles. The van der Waals surface area contributed by atoms with Gasteiger partial charge in [-0.3, -0.25) is 4.90 Å². The molecule has 1 amide bonds. The molecular weight excluding hydrogens is 482 g/mol. The molecule has 194 valence electrons. The van der Waals surface area contributed by atoms with Crippen molar-refractivity contribution in [3.63, 3.8) is 0 Å². The standard InChI is InChI=1S/C27H34ClN3O5/c1-34-16-17-36-27(33)31-13-10-22-23-18-20(28)6-9-24(23)30-25(22)26(31)19-4-7-21(8-5-19)35-15-3-2-11-29-12-14-32/h4-9,18,26,29-30,32H,2-3,10-17H2,1H3. The smallest absolute Gasteiger partial charge is 0.410 e. The highest BCUT2D eigenvalue weighted by molar-refractivity contribution is 6.31. The quantitative estimate of drug-likeness (QED) is 0.311. The third kappa shape index (κ3) is 6.31. The topological polar surface area (TPSA) is 96.1 Å². The largest absolute Gasteiger partial charge is 0.494 e. The minimum Gasteiger partial charge on any atom is -0.494 e. The number of fused-ring (bicyclic) bond motifs is 3. The molecule has 9 heteroatoms. The molecule has 0 aliphatic carbocycles. The van der Waals surface area contributed by atoms with Crippen LogP contribution in [0.2, 0.25) is 5.02 Å². The summed E-state index contributed by atoms with van der Waals surface area (Å²) in [6.07, 6.45) is 2.24. The van der Waals surface area contributed by atoms with Crippen LogP contribution >= 0.6 is 11.6 Å². The van der Waals surface area contributed by atoms with Crippen LogP contribution in [0.4, 0.5) is 4.79 Å². The van der Waals surface area contributed by atoms with E-state index in [0.717, 1.165) is 47.3 Å². The van der Waals surface area contributed by atoms with Crippen LogP contribution in [0.1, 0.15) is 35.7 Å². The number of nitrogens with zero attached hydrogens (tertiary/aromatic N) is 1. The molecule has 36 heavy (non-hydrogen) atoms. The summed E-state index contributed by atoms with van der Waals surface area (Å²) in [6.45, 7) is 3.34. The van der Waals surface area contributed by atoms with E-state index in [-0.39, 0.29) is 25.3 Å². The number of carbonyl (C=O) groups excluding carboxylic acids is 1. The highest BCUT2D eigenvalue weighted by Gasteiger charge is 2.35. The molecule has 1 aliphatic rings. The fourth-order valence-electron chi connectivity index (χ4n) is 4.59. The fourth-order valence-corrected chi connectivity index (χ4v) is 4.76.